The van der Waals surface area contributed by atoms with E-state index < -0.39 is 0 Å². The number of anilines is 1. The lowest BCUT2D eigenvalue weighted by atomic mass is 10.3. The van der Waals surface area contributed by atoms with Crippen molar-refractivity contribution in [3.05, 3.63) is 22.8 Å². The molecule has 1 saturated heterocycles. The molecular formula is C13H16BrN5. The smallest absolute Gasteiger partial charge is 0.243 e. The molecule has 2 aromatic rings. The van der Waals surface area contributed by atoms with Gasteiger partial charge in [0.1, 0.15) is 0 Å². The molecule has 5 nitrogen and oxygen atoms in total. The first-order valence-electron chi connectivity index (χ1n) is 6.80. The van der Waals surface area contributed by atoms with E-state index in [4.69, 9.17) is 0 Å². The fourth-order valence-electron chi connectivity index (χ4n) is 2.78. The summed E-state index contributed by atoms with van der Waals surface area (Å²) in [4.78, 5) is 7.09. The molecule has 0 aromatic carbocycles. The molecule has 2 aliphatic rings. The first-order valence-corrected chi connectivity index (χ1v) is 7.60. The summed E-state index contributed by atoms with van der Waals surface area (Å²) >= 11 is 3.44. The SMILES string of the molecule is Brc1ccc2nc(NC3CCN(C4CC4)C3)nn2c1. The predicted octanol–water partition coefficient (Wildman–Crippen LogP) is 2.14. The number of nitrogens with zero attached hydrogens (tertiary/aromatic N) is 4. The second kappa shape index (κ2) is 4.45. The van der Waals surface area contributed by atoms with Crippen LogP contribution < -0.4 is 5.32 Å². The molecular weight excluding hydrogens is 306 g/mol. The van der Waals surface area contributed by atoms with E-state index in [0.29, 0.717) is 6.04 Å². The number of pyridine rings is 1. The molecule has 3 heterocycles. The molecule has 1 N–H and O–H groups in total. The quantitative estimate of drug-likeness (QED) is 0.940. The molecule has 2 aromatic heterocycles. The maximum Gasteiger partial charge on any atom is 0.243 e. The first-order chi connectivity index (χ1) is 9.28. The average Bonchev–Trinajstić information content (AvgIpc) is 3.01. The number of halogens is 1. The summed E-state index contributed by atoms with van der Waals surface area (Å²) in [5.41, 5.74) is 0.878. The summed E-state index contributed by atoms with van der Waals surface area (Å²) in [6.45, 7) is 2.34. The van der Waals surface area contributed by atoms with E-state index in [0.717, 1.165) is 28.7 Å². The molecule has 1 saturated carbocycles. The molecule has 100 valence electrons. The zero-order valence-electron chi connectivity index (χ0n) is 10.6. The number of hydrogen-bond acceptors (Lipinski definition) is 4. The van der Waals surface area contributed by atoms with Crippen LogP contribution in [0.3, 0.4) is 0 Å². The van der Waals surface area contributed by atoms with E-state index in [2.05, 4.69) is 36.2 Å². The van der Waals surface area contributed by atoms with Crippen molar-refractivity contribution in [2.45, 2.75) is 31.3 Å². The van der Waals surface area contributed by atoms with Crippen LogP contribution in [-0.2, 0) is 0 Å². The Hall–Kier alpha value is -1.14. The Labute approximate surface area is 120 Å². The normalized spacial score (nSPS) is 24.2. The van der Waals surface area contributed by atoms with Gasteiger partial charge in [-0.1, -0.05) is 0 Å². The summed E-state index contributed by atoms with van der Waals surface area (Å²) in [7, 11) is 0. The second-order valence-electron chi connectivity index (χ2n) is 5.44. The van der Waals surface area contributed by atoms with E-state index in [1.165, 1.54) is 25.8 Å². The zero-order chi connectivity index (χ0) is 12.8. The molecule has 19 heavy (non-hydrogen) atoms. The van der Waals surface area contributed by atoms with Crippen LogP contribution in [0.1, 0.15) is 19.3 Å². The number of aromatic nitrogens is 3. The Bertz CT molecular complexity index is 606. The number of fused-ring (bicyclic) bond motifs is 1. The fourth-order valence-corrected chi connectivity index (χ4v) is 3.10. The molecule has 4 rings (SSSR count). The van der Waals surface area contributed by atoms with Gasteiger partial charge in [-0.2, -0.15) is 4.98 Å². The predicted molar refractivity (Wildman–Crippen MR) is 77.3 cm³/mol. The van der Waals surface area contributed by atoms with Crippen LogP contribution in [0.5, 0.6) is 0 Å². The summed E-state index contributed by atoms with van der Waals surface area (Å²) < 4.78 is 2.82. The van der Waals surface area contributed by atoms with Crippen molar-refractivity contribution in [2.75, 3.05) is 18.4 Å². The Kier molecular flexibility index (Phi) is 2.73. The lowest BCUT2D eigenvalue weighted by molar-refractivity contribution is 0.326. The standard InChI is InChI=1S/C13H16BrN5/c14-9-1-4-12-16-13(17-19(12)7-9)15-10-5-6-18(8-10)11-2-3-11/h1,4,7,10-11H,2-3,5-6,8H2,(H,15,17). The molecule has 1 aliphatic heterocycles. The molecule has 1 atom stereocenters. The molecule has 6 heteroatoms. The van der Waals surface area contributed by atoms with Crippen molar-refractivity contribution in [3.63, 3.8) is 0 Å². The van der Waals surface area contributed by atoms with Crippen molar-refractivity contribution in [1.82, 2.24) is 19.5 Å². The van der Waals surface area contributed by atoms with Crippen molar-refractivity contribution in [1.29, 1.82) is 0 Å². The Morgan fingerprint density at radius 2 is 2.16 bits per heavy atom. The van der Waals surface area contributed by atoms with Gasteiger partial charge in [0, 0.05) is 35.8 Å². The molecule has 0 amide bonds. The third kappa shape index (κ3) is 2.34. The van der Waals surface area contributed by atoms with Gasteiger partial charge in [0.15, 0.2) is 5.65 Å². The Morgan fingerprint density at radius 1 is 1.26 bits per heavy atom. The van der Waals surface area contributed by atoms with Gasteiger partial charge in [-0.15, -0.1) is 5.10 Å². The van der Waals surface area contributed by atoms with E-state index in [9.17, 15) is 0 Å². The highest BCUT2D eigenvalue weighted by atomic mass is 79.9. The van der Waals surface area contributed by atoms with Crippen LogP contribution in [0, 0.1) is 0 Å². The van der Waals surface area contributed by atoms with Crippen LogP contribution in [0.25, 0.3) is 5.65 Å². The lowest BCUT2D eigenvalue weighted by Crippen LogP contribution is -2.28. The molecule has 1 unspecified atom stereocenters. The minimum atomic E-state index is 0.487. The largest absolute Gasteiger partial charge is 0.349 e. The van der Waals surface area contributed by atoms with Crippen LogP contribution >= 0.6 is 15.9 Å². The van der Waals surface area contributed by atoms with Gasteiger partial charge in [-0.3, -0.25) is 4.90 Å². The van der Waals surface area contributed by atoms with E-state index in [-0.39, 0.29) is 0 Å². The highest BCUT2D eigenvalue weighted by molar-refractivity contribution is 9.10. The number of likely N-dealkylation sites (tertiary alicyclic amines) is 1. The van der Waals surface area contributed by atoms with E-state index in [1.807, 2.05) is 18.3 Å². The lowest BCUT2D eigenvalue weighted by Gasteiger charge is -2.14. The average molecular weight is 322 g/mol. The maximum atomic E-state index is 4.50. The van der Waals surface area contributed by atoms with Crippen LogP contribution in [0.2, 0.25) is 0 Å². The summed E-state index contributed by atoms with van der Waals surface area (Å²) in [6, 6.07) is 5.30. The minimum absolute atomic E-state index is 0.487. The number of rotatable bonds is 3. The van der Waals surface area contributed by atoms with Crippen LogP contribution in [0.4, 0.5) is 5.95 Å². The van der Waals surface area contributed by atoms with Crippen molar-refractivity contribution in [2.24, 2.45) is 0 Å². The van der Waals surface area contributed by atoms with Gasteiger partial charge in [0.2, 0.25) is 5.95 Å². The van der Waals surface area contributed by atoms with Gasteiger partial charge in [-0.25, -0.2) is 4.52 Å². The highest BCUT2D eigenvalue weighted by Crippen LogP contribution is 2.30. The van der Waals surface area contributed by atoms with Crippen molar-refractivity contribution in [3.8, 4) is 0 Å². The molecule has 0 radical (unpaired) electrons. The van der Waals surface area contributed by atoms with Gasteiger partial charge in [0.25, 0.3) is 0 Å². The summed E-state index contributed by atoms with van der Waals surface area (Å²) in [5, 5.41) is 7.93. The molecule has 2 fully saturated rings. The molecule has 0 bridgehead atoms. The van der Waals surface area contributed by atoms with E-state index >= 15 is 0 Å². The van der Waals surface area contributed by atoms with Gasteiger partial charge >= 0.3 is 0 Å². The van der Waals surface area contributed by atoms with Crippen LogP contribution in [-0.4, -0.2) is 44.7 Å². The fraction of sp³-hybridized carbons (Fsp3) is 0.538. The third-order valence-corrected chi connectivity index (χ3v) is 4.38. The minimum Gasteiger partial charge on any atom is -0.349 e. The van der Waals surface area contributed by atoms with Crippen LogP contribution in [0.15, 0.2) is 22.8 Å². The molecule has 1 aliphatic carbocycles. The second-order valence-corrected chi connectivity index (χ2v) is 6.36. The van der Waals surface area contributed by atoms with Crippen molar-refractivity contribution >= 4 is 27.5 Å². The first kappa shape index (κ1) is 11.7. The van der Waals surface area contributed by atoms with Crippen molar-refractivity contribution < 1.29 is 0 Å². The van der Waals surface area contributed by atoms with E-state index in [1.54, 1.807) is 4.52 Å². The maximum absolute atomic E-state index is 4.50. The number of nitrogens with one attached hydrogen (secondary N) is 1. The topological polar surface area (TPSA) is 45.5 Å². The highest BCUT2D eigenvalue weighted by Gasteiger charge is 2.34. The van der Waals surface area contributed by atoms with Gasteiger partial charge in [0.05, 0.1) is 0 Å². The summed E-state index contributed by atoms with van der Waals surface area (Å²) in [5.74, 6) is 0.737. The Balaban J connectivity index is 1.48. The third-order valence-electron chi connectivity index (χ3n) is 3.91. The molecule has 0 spiro atoms. The Morgan fingerprint density at radius 3 is 3.00 bits per heavy atom. The zero-order valence-corrected chi connectivity index (χ0v) is 12.2. The van der Waals surface area contributed by atoms with Gasteiger partial charge in [-0.05, 0) is 47.3 Å². The van der Waals surface area contributed by atoms with Gasteiger partial charge < -0.3 is 5.32 Å². The summed E-state index contributed by atoms with van der Waals surface area (Å²) in [6.07, 6.45) is 5.88. The monoisotopic (exact) mass is 321 g/mol. The number of hydrogen-bond donors (Lipinski definition) is 1.